The van der Waals surface area contributed by atoms with Crippen LogP contribution in [0.1, 0.15) is 11.1 Å². The van der Waals surface area contributed by atoms with E-state index in [0.717, 1.165) is 25.1 Å². The molecule has 0 fully saturated rings. The van der Waals surface area contributed by atoms with Gasteiger partial charge in [0.2, 0.25) is 0 Å². The second-order valence-corrected chi connectivity index (χ2v) is 4.50. The van der Waals surface area contributed by atoms with E-state index in [-0.39, 0.29) is 11.9 Å². The molecule has 4 heteroatoms. The van der Waals surface area contributed by atoms with Gasteiger partial charge >= 0.3 is 0 Å². The Kier molecular flexibility index (Phi) is 2.70. The minimum atomic E-state index is -0.659. The monoisotopic (exact) mass is 246 g/mol. The van der Waals surface area contributed by atoms with E-state index in [9.17, 15) is 8.78 Å². The van der Waals surface area contributed by atoms with Crippen molar-refractivity contribution in [2.24, 2.45) is 0 Å². The summed E-state index contributed by atoms with van der Waals surface area (Å²) in [6.07, 6.45) is 2.71. The first-order valence-corrected chi connectivity index (χ1v) is 5.87. The van der Waals surface area contributed by atoms with Crippen LogP contribution in [-0.2, 0) is 12.8 Å². The topological polar surface area (TPSA) is 24.9 Å². The smallest absolute Gasteiger partial charge is 0.168 e. The van der Waals surface area contributed by atoms with Crippen molar-refractivity contribution in [3.8, 4) is 0 Å². The number of anilines is 1. The van der Waals surface area contributed by atoms with Crippen LogP contribution in [0.25, 0.3) is 0 Å². The molecule has 0 radical (unpaired) electrons. The summed E-state index contributed by atoms with van der Waals surface area (Å²) in [4.78, 5) is 3.74. The van der Waals surface area contributed by atoms with E-state index in [1.165, 1.54) is 11.1 Å². The van der Waals surface area contributed by atoms with E-state index >= 15 is 0 Å². The standard InChI is InChI=1S/C14H12F2N2/c15-11-7-13(16)14(17-8-11)18-12-5-9-3-1-2-4-10(9)6-12/h1-4,7-8,12H,5-6H2,(H,17,18). The molecule has 1 aliphatic carbocycles. The highest BCUT2D eigenvalue weighted by Crippen LogP contribution is 2.24. The number of fused-ring (bicyclic) bond motifs is 1. The van der Waals surface area contributed by atoms with Gasteiger partial charge in [-0.05, 0) is 24.0 Å². The lowest BCUT2D eigenvalue weighted by Gasteiger charge is -2.13. The summed E-state index contributed by atoms with van der Waals surface area (Å²) < 4.78 is 26.2. The summed E-state index contributed by atoms with van der Waals surface area (Å²) in [5.74, 6) is -1.19. The zero-order chi connectivity index (χ0) is 12.5. The number of halogens is 2. The third kappa shape index (κ3) is 2.06. The van der Waals surface area contributed by atoms with Crippen LogP contribution in [-0.4, -0.2) is 11.0 Å². The van der Waals surface area contributed by atoms with Crippen molar-refractivity contribution in [3.63, 3.8) is 0 Å². The molecule has 0 aliphatic heterocycles. The Morgan fingerprint density at radius 3 is 2.39 bits per heavy atom. The van der Waals surface area contributed by atoms with Gasteiger partial charge in [0.1, 0.15) is 5.82 Å². The lowest BCUT2D eigenvalue weighted by atomic mass is 10.1. The number of nitrogens with zero attached hydrogens (tertiary/aromatic N) is 1. The van der Waals surface area contributed by atoms with Crippen molar-refractivity contribution in [1.82, 2.24) is 4.98 Å². The molecule has 0 saturated carbocycles. The van der Waals surface area contributed by atoms with Crippen LogP contribution in [0.15, 0.2) is 36.5 Å². The van der Waals surface area contributed by atoms with Gasteiger partial charge in [-0.15, -0.1) is 0 Å². The molecule has 0 amide bonds. The van der Waals surface area contributed by atoms with E-state index in [4.69, 9.17) is 0 Å². The quantitative estimate of drug-likeness (QED) is 0.881. The van der Waals surface area contributed by atoms with Gasteiger partial charge in [-0.1, -0.05) is 24.3 Å². The first kappa shape index (κ1) is 11.1. The van der Waals surface area contributed by atoms with Crippen molar-refractivity contribution in [1.29, 1.82) is 0 Å². The number of pyridine rings is 1. The number of aromatic nitrogens is 1. The van der Waals surface area contributed by atoms with Crippen LogP contribution in [0.4, 0.5) is 14.6 Å². The number of hydrogen-bond acceptors (Lipinski definition) is 2. The first-order valence-electron chi connectivity index (χ1n) is 5.87. The van der Waals surface area contributed by atoms with Gasteiger partial charge in [-0.2, -0.15) is 0 Å². The molecule has 18 heavy (non-hydrogen) atoms. The Hall–Kier alpha value is -1.97. The minimum Gasteiger partial charge on any atom is -0.364 e. The highest BCUT2D eigenvalue weighted by molar-refractivity contribution is 5.42. The van der Waals surface area contributed by atoms with Gasteiger partial charge in [0.15, 0.2) is 11.6 Å². The normalized spacial score (nSPS) is 14.6. The minimum absolute atomic E-state index is 0.120. The average molecular weight is 246 g/mol. The zero-order valence-electron chi connectivity index (χ0n) is 9.66. The molecule has 0 spiro atoms. The fraction of sp³-hybridized carbons (Fsp3) is 0.214. The summed E-state index contributed by atoms with van der Waals surface area (Å²) in [7, 11) is 0. The van der Waals surface area contributed by atoms with E-state index < -0.39 is 11.6 Å². The molecular weight excluding hydrogens is 234 g/mol. The van der Waals surface area contributed by atoms with Crippen LogP contribution in [0.3, 0.4) is 0 Å². The third-order valence-corrected chi connectivity index (χ3v) is 3.20. The van der Waals surface area contributed by atoms with Crippen molar-refractivity contribution >= 4 is 5.82 Å². The van der Waals surface area contributed by atoms with Crippen LogP contribution in [0.5, 0.6) is 0 Å². The van der Waals surface area contributed by atoms with Crippen LogP contribution >= 0.6 is 0 Å². The van der Waals surface area contributed by atoms with Gasteiger partial charge < -0.3 is 5.32 Å². The predicted octanol–water partition coefficient (Wildman–Crippen LogP) is 2.94. The summed E-state index contributed by atoms with van der Waals surface area (Å²) >= 11 is 0. The van der Waals surface area contributed by atoms with Crippen LogP contribution in [0, 0.1) is 11.6 Å². The van der Waals surface area contributed by atoms with Crippen molar-refractivity contribution in [3.05, 3.63) is 59.3 Å². The zero-order valence-corrected chi connectivity index (χ0v) is 9.66. The molecule has 0 unspecified atom stereocenters. The Morgan fingerprint density at radius 1 is 1.11 bits per heavy atom. The number of benzene rings is 1. The number of hydrogen-bond donors (Lipinski definition) is 1. The first-order chi connectivity index (χ1) is 8.72. The maximum atomic E-state index is 13.5. The molecule has 0 saturated heterocycles. The van der Waals surface area contributed by atoms with Crippen molar-refractivity contribution in [2.45, 2.75) is 18.9 Å². The molecule has 92 valence electrons. The second-order valence-electron chi connectivity index (χ2n) is 4.50. The van der Waals surface area contributed by atoms with Gasteiger partial charge in [0.05, 0.1) is 6.20 Å². The van der Waals surface area contributed by atoms with E-state index in [2.05, 4.69) is 22.4 Å². The summed E-state index contributed by atoms with van der Waals surface area (Å²) in [6, 6.07) is 9.11. The second kappa shape index (κ2) is 4.37. The molecule has 2 aromatic rings. The predicted molar refractivity (Wildman–Crippen MR) is 65.4 cm³/mol. The van der Waals surface area contributed by atoms with E-state index in [1.54, 1.807) is 0 Å². The molecule has 1 aliphatic rings. The van der Waals surface area contributed by atoms with Gasteiger partial charge in [0.25, 0.3) is 0 Å². The van der Waals surface area contributed by atoms with E-state index in [0.29, 0.717) is 0 Å². The Labute approximate surface area is 104 Å². The lowest BCUT2D eigenvalue weighted by molar-refractivity contribution is 0.572. The molecule has 2 nitrogen and oxygen atoms in total. The van der Waals surface area contributed by atoms with E-state index in [1.807, 2.05) is 12.1 Å². The van der Waals surface area contributed by atoms with Crippen molar-refractivity contribution in [2.75, 3.05) is 5.32 Å². The van der Waals surface area contributed by atoms with Gasteiger partial charge in [-0.25, -0.2) is 13.8 Å². The molecule has 1 heterocycles. The Morgan fingerprint density at radius 2 is 1.78 bits per heavy atom. The van der Waals surface area contributed by atoms with Crippen LogP contribution in [0.2, 0.25) is 0 Å². The molecule has 1 aromatic carbocycles. The third-order valence-electron chi connectivity index (χ3n) is 3.20. The van der Waals surface area contributed by atoms with Gasteiger partial charge in [0, 0.05) is 12.1 Å². The molecule has 1 aromatic heterocycles. The Bertz CT molecular complexity index is 559. The SMILES string of the molecule is Fc1cnc(NC2Cc3ccccc3C2)c(F)c1. The number of rotatable bonds is 2. The van der Waals surface area contributed by atoms with Gasteiger partial charge in [-0.3, -0.25) is 0 Å². The maximum absolute atomic E-state index is 13.5. The Balaban J connectivity index is 1.76. The molecule has 1 N–H and O–H groups in total. The highest BCUT2D eigenvalue weighted by atomic mass is 19.1. The molecule has 0 bridgehead atoms. The number of nitrogens with one attached hydrogen (secondary N) is 1. The maximum Gasteiger partial charge on any atom is 0.168 e. The molecule has 3 rings (SSSR count). The summed E-state index contributed by atoms with van der Waals surface area (Å²) in [5.41, 5.74) is 2.55. The summed E-state index contributed by atoms with van der Waals surface area (Å²) in [5, 5.41) is 3.03. The molecule has 0 atom stereocenters. The lowest BCUT2D eigenvalue weighted by Crippen LogP contribution is -2.21. The fourth-order valence-corrected chi connectivity index (χ4v) is 2.38. The largest absolute Gasteiger partial charge is 0.364 e. The average Bonchev–Trinajstić information content (AvgIpc) is 2.75. The summed E-state index contributed by atoms with van der Waals surface area (Å²) in [6.45, 7) is 0. The molecular formula is C14H12F2N2. The van der Waals surface area contributed by atoms with Crippen LogP contribution < -0.4 is 5.32 Å². The fourth-order valence-electron chi connectivity index (χ4n) is 2.38. The van der Waals surface area contributed by atoms with Crippen molar-refractivity contribution < 1.29 is 8.78 Å². The highest BCUT2D eigenvalue weighted by Gasteiger charge is 2.21.